The lowest BCUT2D eigenvalue weighted by molar-refractivity contribution is 0.0997. The number of carbonyl (C=O) groups excluding carboxylic acids is 1. The standard InChI is InChI=1S/C26H35N3O5S2/c1-5-7-16-28(17-8-6-2)36(31,32)21-14-12-20(13-15-21)25(30)27-26-29(18-19-33-3)24-22(34-4)10-9-11-23(24)35-26/h9-15H,5-8,16-19H2,1-4H3. The van der Waals surface area contributed by atoms with Crippen LogP contribution < -0.4 is 9.54 Å². The van der Waals surface area contributed by atoms with Gasteiger partial charge in [0.15, 0.2) is 4.80 Å². The average Bonchev–Trinajstić information content (AvgIpc) is 3.24. The third-order valence-corrected chi connectivity index (χ3v) is 8.82. The zero-order chi connectivity index (χ0) is 26.1. The van der Waals surface area contributed by atoms with E-state index in [4.69, 9.17) is 9.47 Å². The maximum Gasteiger partial charge on any atom is 0.279 e. The van der Waals surface area contributed by atoms with E-state index in [9.17, 15) is 13.2 Å². The molecule has 0 fully saturated rings. The Labute approximate surface area is 217 Å². The van der Waals surface area contributed by atoms with Crippen LogP contribution in [0.3, 0.4) is 0 Å². The molecular weight excluding hydrogens is 498 g/mol. The van der Waals surface area contributed by atoms with Crippen LogP contribution in [0.15, 0.2) is 52.4 Å². The maximum absolute atomic E-state index is 13.2. The second kappa shape index (κ2) is 13.1. The number of thiazole rings is 1. The Bertz CT molecular complexity index is 1320. The monoisotopic (exact) mass is 533 g/mol. The van der Waals surface area contributed by atoms with Gasteiger partial charge in [0.1, 0.15) is 11.3 Å². The summed E-state index contributed by atoms with van der Waals surface area (Å²) in [7, 11) is -0.399. The van der Waals surface area contributed by atoms with E-state index in [-0.39, 0.29) is 4.90 Å². The molecule has 2 aromatic carbocycles. The van der Waals surface area contributed by atoms with Gasteiger partial charge >= 0.3 is 0 Å². The van der Waals surface area contributed by atoms with Crippen LogP contribution in [-0.2, 0) is 21.3 Å². The molecule has 1 heterocycles. The number of rotatable bonds is 13. The van der Waals surface area contributed by atoms with Crippen LogP contribution in [-0.4, -0.2) is 57.1 Å². The summed E-state index contributed by atoms with van der Waals surface area (Å²) in [5.74, 6) is 0.253. The van der Waals surface area contributed by atoms with Gasteiger partial charge in [0.2, 0.25) is 10.0 Å². The second-order valence-electron chi connectivity index (χ2n) is 8.39. The predicted molar refractivity (Wildman–Crippen MR) is 143 cm³/mol. The van der Waals surface area contributed by atoms with E-state index < -0.39 is 15.9 Å². The molecular formula is C26H35N3O5S2. The van der Waals surface area contributed by atoms with Crippen molar-refractivity contribution in [1.29, 1.82) is 0 Å². The number of hydrogen-bond donors (Lipinski definition) is 0. The maximum atomic E-state index is 13.2. The molecule has 0 aliphatic rings. The fraction of sp³-hybridized carbons (Fsp3) is 0.462. The van der Waals surface area contributed by atoms with E-state index in [1.165, 1.54) is 35.6 Å². The van der Waals surface area contributed by atoms with Gasteiger partial charge in [-0.05, 0) is 49.2 Å². The first-order valence-electron chi connectivity index (χ1n) is 12.2. The molecule has 8 nitrogen and oxygen atoms in total. The van der Waals surface area contributed by atoms with Gasteiger partial charge in [0, 0.05) is 32.3 Å². The van der Waals surface area contributed by atoms with Crippen LogP contribution in [0.4, 0.5) is 0 Å². The normalized spacial score (nSPS) is 12.5. The summed E-state index contributed by atoms with van der Waals surface area (Å²) in [5.41, 5.74) is 1.18. The third-order valence-electron chi connectivity index (χ3n) is 5.86. The molecule has 3 aromatic rings. The van der Waals surface area contributed by atoms with E-state index in [2.05, 4.69) is 4.99 Å². The number of amides is 1. The van der Waals surface area contributed by atoms with Crippen molar-refractivity contribution >= 4 is 37.5 Å². The highest BCUT2D eigenvalue weighted by atomic mass is 32.2. The van der Waals surface area contributed by atoms with Crippen LogP contribution in [0.1, 0.15) is 49.9 Å². The predicted octanol–water partition coefficient (Wildman–Crippen LogP) is 4.69. The molecule has 0 bridgehead atoms. The largest absolute Gasteiger partial charge is 0.495 e. The van der Waals surface area contributed by atoms with Gasteiger partial charge in [-0.25, -0.2) is 8.42 Å². The Kier molecular flexibility index (Phi) is 10.2. The number of unbranched alkanes of at least 4 members (excludes halogenated alkanes) is 2. The van der Waals surface area contributed by atoms with Gasteiger partial charge in [-0.3, -0.25) is 4.79 Å². The fourth-order valence-electron chi connectivity index (χ4n) is 3.83. The zero-order valence-corrected chi connectivity index (χ0v) is 23.0. The topological polar surface area (TPSA) is 90.2 Å². The quantitative estimate of drug-likeness (QED) is 0.318. The van der Waals surface area contributed by atoms with Crippen molar-refractivity contribution in [3.8, 4) is 5.75 Å². The first-order chi connectivity index (χ1) is 17.4. The fourth-order valence-corrected chi connectivity index (χ4v) is 6.42. The highest BCUT2D eigenvalue weighted by Crippen LogP contribution is 2.27. The molecule has 0 unspecified atom stereocenters. The van der Waals surface area contributed by atoms with Gasteiger partial charge in [0.05, 0.1) is 23.3 Å². The molecule has 0 N–H and O–H groups in total. The SMILES string of the molecule is CCCCN(CCCC)S(=O)(=O)c1ccc(C(=O)N=c2sc3cccc(OC)c3n2CCOC)cc1. The summed E-state index contributed by atoms with van der Waals surface area (Å²) >= 11 is 1.39. The van der Waals surface area contributed by atoms with Gasteiger partial charge < -0.3 is 14.0 Å². The van der Waals surface area contributed by atoms with E-state index >= 15 is 0 Å². The van der Waals surface area contributed by atoms with Crippen molar-refractivity contribution in [1.82, 2.24) is 8.87 Å². The number of ether oxygens (including phenoxy) is 2. The van der Waals surface area contributed by atoms with E-state index in [1.807, 2.05) is 36.6 Å². The summed E-state index contributed by atoms with van der Waals surface area (Å²) in [6.07, 6.45) is 3.45. The lowest BCUT2D eigenvalue weighted by Crippen LogP contribution is -2.33. The number of benzene rings is 2. The molecule has 0 aliphatic heterocycles. The Morgan fingerprint density at radius 3 is 2.28 bits per heavy atom. The summed E-state index contributed by atoms with van der Waals surface area (Å²) < 4.78 is 41.6. The molecule has 0 saturated carbocycles. The molecule has 36 heavy (non-hydrogen) atoms. The van der Waals surface area contributed by atoms with Crippen molar-refractivity contribution in [2.45, 2.75) is 51.0 Å². The van der Waals surface area contributed by atoms with Crippen molar-refractivity contribution in [2.75, 3.05) is 33.9 Å². The van der Waals surface area contributed by atoms with Crippen molar-refractivity contribution in [3.63, 3.8) is 0 Å². The first-order valence-corrected chi connectivity index (χ1v) is 14.5. The van der Waals surface area contributed by atoms with Crippen LogP contribution >= 0.6 is 11.3 Å². The minimum absolute atomic E-state index is 0.188. The Morgan fingerprint density at radius 1 is 1.03 bits per heavy atom. The van der Waals surface area contributed by atoms with Crippen LogP contribution in [0.5, 0.6) is 5.75 Å². The van der Waals surface area contributed by atoms with Crippen molar-refractivity contribution < 1.29 is 22.7 Å². The van der Waals surface area contributed by atoms with E-state index in [0.717, 1.165) is 35.9 Å². The lowest BCUT2D eigenvalue weighted by Gasteiger charge is -2.22. The van der Waals surface area contributed by atoms with Crippen molar-refractivity contribution in [3.05, 3.63) is 52.8 Å². The highest BCUT2D eigenvalue weighted by Gasteiger charge is 2.24. The number of methoxy groups -OCH3 is 2. The molecule has 0 atom stereocenters. The molecule has 0 radical (unpaired) electrons. The van der Waals surface area contributed by atoms with Gasteiger partial charge in [-0.1, -0.05) is 44.1 Å². The van der Waals surface area contributed by atoms with Crippen LogP contribution in [0.2, 0.25) is 0 Å². The second-order valence-corrected chi connectivity index (χ2v) is 11.3. The molecule has 10 heteroatoms. The molecule has 1 amide bonds. The zero-order valence-electron chi connectivity index (χ0n) is 21.4. The molecule has 0 aliphatic carbocycles. The molecule has 0 saturated heterocycles. The highest BCUT2D eigenvalue weighted by molar-refractivity contribution is 7.89. The average molecular weight is 534 g/mol. The van der Waals surface area contributed by atoms with E-state index in [0.29, 0.717) is 42.4 Å². The molecule has 196 valence electrons. The number of hydrogen-bond acceptors (Lipinski definition) is 6. The smallest absolute Gasteiger partial charge is 0.279 e. The molecule has 1 aromatic heterocycles. The van der Waals surface area contributed by atoms with Gasteiger partial charge in [0.25, 0.3) is 5.91 Å². The summed E-state index contributed by atoms with van der Waals surface area (Å²) in [4.78, 5) is 18.1. The minimum Gasteiger partial charge on any atom is -0.495 e. The lowest BCUT2D eigenvalue weighted by atomic mass is 10.2. The number of aromatic nitrogens is 1. The summed E-state index contributed by atoms with van der Waals surface area (Å²) in [6, 6.07) is 11.8. The van der Waals surface area contributed by atoms with E-state index in [1.54, 1.807) is 18.5 Å². The number of carbonyl (C=O) groups is 1. The number of fused-ring (bicyclic) bond motifs is 1. The Hall–Kier alpha value is -2.53. The minimum atomic E-state index is -3.63. The number of sulfonamides is 1. The van der Waals surface area contributed by atoms with Gasteiger partial charge in [-0.2, -0.15) is 9.30 Å². The Balaban J connectivity index is 1.94. The van der Waals surface area contributed by atoms with Crippen LogP contribution in [0.25, 0.3) is 10.2 Å². The molecule has 3 rings (SSSR count). The van der Waals surface area contributed by atoms with Gasteiger partial charge in [-0.15, -0.1) is 0 Å². The van der Waals surface area contributed by atoms with Crippen molar-refractivity contribution in [2.24, 2.45) is 4.99 Å². The summed E-state index contributed by atoms with van der Waals surface area (Å²) in [6.45, 7) is 6.02. The third kappa shape index (κ3) is 6.42. The number of nitrogens with zero attached hydrogens (tertiary/aromatic N) is 3. The Morgan fingerprint density at radius 2 is 1.69 bits per heavy atom. The first kappa shape index (κ1) is 28.0. The van der Waals surface area contributed by atoms with Crippen LogP contribution in [0, 0.1) is 0 Å². The molecule has 0 spiro atoms. The number of para-hydroxylation sites is 1. The summed E-state index contributed by atoms with van der Waals surface area (Å²) in [5, 5.41) is 0.